The van der Waals surface area contributed by atoms with Crippen molar-refractivity contribution in [3.8, 4) is 5.75 Å². The van der Waals surface area contributed by atoms with Crippen LogP contribution in [0.3, 0.4) is 0 Å². The molecule has 0 bridgehead atoms. The van der Waals surface area contributed by atoms with E-state index in [0.29, 0.717) is 30.5 Å². The molecule has 1 aromatic rings. The van der Waals surface area contributed by atoms with Crippen molar-refractivity contribution in [2.45, 2.75) is 6.92 Å². The molecular formula is C13H20Cl2N2O2. The van der Waals surface area contributed by atoms with Gasteiger partial charge in [-0.15, -0.1) is 12.4 Å². The summed E-state index contributed by atoms with van der Waals surface area (Å²) in [6, 6.07) is 7.18. The molecule has 19 heavy (non-hydrogen) atoms. The third-order valence-electron chi connectivity index (χ3n) is 2.64. The minimum Gasteiger partial charge on any atom is -0.492 e. The van der Waals surface area contributed by atoms with Gasteiger partial charge in [0, 0.05) is 24.5 Å². The van der Waals surface area contributed by atoms with Gasteiger partial charge >= 0.3 is 0 Å². The number of carbonyl (C=O) groups excluding carboxylic acids is 1. The number of likely N-dealkylation sites (N-methyl/N-ethyl adjacent to an activating group) is 1. The van der Waals surface area contributed by atoms with Crippen LogP contribution in [0.1, 0.15) is 6.92 Å². The third-order valence-corrected chi connectivity index (χ3v) is 2.88. The fourth-order valence-corrected chi connectivity index (χ4v) is 1.62. The van der Waals surface area contributed by atoms with Crippen molar-refractivity contribution in [2.75, 3.05) is 26.7 Å². The predicted octanol–water partition coefficient (Wildman–Crippen LogP) is 2.19. The van der Waals surface area contributed by atoms with Crippen molar-refractivity contribution < 1.29 is 9.53 Å². The Morgan fingerprint density at radius 1 is 1.53 bits per heavy atom. The van der Waals surface area contributed by atoms with E-state index in [1.165, 1.54) is 0 Å². The van der Waals surface area contributed by atoms with E-state index in [0.717, 1.165) is 0 Å². The first kappa shape index (κ1) is 18.0. The minimum absolute atomic E-state index is 0. The highest BCUT2D eigenvalue weighted by Gasteiger charge is 2.15. The van der Waals surface area contributed by atoms with E-state index in [9.17, 15) is 4.79 Å². The van der Waals surface area contributed by atoms with E-state index in [1.54, 1.807) is 24.1 Å². The summed E-state index contributed by atoms with van der Waals surface area (Å²) < 4.78 is 5.51. The van der Waals surface area contributed by atoms with Crippen molar-refractivity contribution in [3.63, 3.8) is 0 Å². The zero-order valence-corrected chi connectivity index (χ0v) is 12.7. The van der Waals surface area contributed by atoms with Gasteiger partial charge in [-0.2, -0.15) is 0 Å². The Morgan fingerprint density at radius 2 is 2.21 bits per heavy atom. The van der Waals surface area contributed by atoms with Gasteiger partial charge in [0.1, 0.15) is 12.4 Å². The fraction of sp³-hybridized carbons (Fsp3) is 0.462. The number of nitrogens with two attached hydrogens (primary N) is 1. The van der Waals surface area contributed by atoms with Crippen LogP contribution in [-0.2, 0) is 4.79 Å². The number of benzene rings is 1. The summed E-state index contributed by atoms with van der Waals surface area (Å²) in [5.41, 5.74) is 5.45. The van der Waals surface area contributed by atoms with E-state index in [1.807, 2.05) is 19.1 Å². The number of ether oxygens (including phenoxy) is 1. The molecule has 6 heteroatoms. The topological polar surface area (TPSA) is 55.6 Å². The molecule has 0 saturated carbocycles. The van der Waals surface area contributed by atoms with Gasteiger partial charge in [0.15, 0.2) is 0 Å². The molecule has 4 nitrogen and oxygen atoms in total. The molecule has 1 amide bonds. The van der Waals surface area contributed by atoms with Crippen LogP contribution >= 0.6 is 24.0 Å². The lowest BCUT2D eigenvalue weighted by atomic mass is 10.1. The highest BCUT2D eigenvalue weighted by molar-refractivity contribution is 6.30. The quantitative estimate of drug-likeness (QED) is 0.876. The summed E-state index contributed by atoms with van der Waals surface area (Å²) in [4.78, 5) is 13.4. The maximum Gasteiger partial charge on any atom is 0.226 e. The first-order valence-corrected chi connectivity index (χ1v) is 6.25. The zero-order chi connectivity index (χ0) is 13.5. The maximum absolute atomic E-state index is 11.7. The Labute approximate surface area is 125 Å². The molecule has 1 rings (SSSR count). The molecule has 0 spiro atoms. The van der Waals surface area contributed by atoms with Crippen molar-refractivity contribution in [3.05, 3.63) is 29.3 Å². The molecule has 0 saturated heterocycles. The molecule has 0 aliphatic heterocycles. The first-order valence-electron chi connectivity index (χ1n) is 5.88. The Morgan fingerprint density at radius 3 is 2.79 bits per heavy atom. The third kappa shape index (κ3) is 6.14. The molecule has 0 heterocycles. The van der Waals surface area contributed by atoms with Crippen molar-refractivity contribution >= 4 is 29.9 Å². The van der Waals surface area contributed by atoms with Crippen LogP contribution in [0.2, 0.25) is 5.02 Å². The Hall–Kier alpha value is -0.970. The van der Waals surface area contributed by atoms with Crippen LogP contribution in [0.25, 0.3) is 0 Å². The van der Waals surface area contributed by atoms with Crippen molar-refractivity contribution in [2.24, 2.45) is 11.7 Å². The smallest absolute Gasteiger partial charge is 0.226 e. The van der Waals surface area contributed by atoms with Gasteiger partial charge in [0.25, 0.3) is 0 Å². The summed E-state index contributed by atoms with van der Waals surface area (Å²) in [6.07, 6.45) is 0. The number of amides is 1. The van der Waals surface area contributed by atoms with Crippen LogP contribution in [0, 0.1) is 5.92 Å². The highest BCUT2D eigenvalue weighted by atomic mass is 35.5. The van der Waals surface area contributed by atoms with E-state index in [-0.39, 0.29) is 24.2 Å². The molecule has 0 aromatic heterocycles. The van der Waals surface area contributed by atoms with Gasteiger partial charge in [0.05, 0.1) is 6.54 Å². The minimum atomic E-state index is -0.152. The average molecular weight is 307 g/mol. The largest absolute Gasteiger partial charge is 0.492 e. The average Bonchev–Trinajstić information content (AvgIpc) is 2.36. The predicted molar refractivity (Wildman–Crippen MR) is 80.1 cm³/mol. The number of carbonyl (C=O) groups is 1. The maximum atomic E-state index is 11.7. The van der Waals surface area contributed by atoms with E-state index >= 15 is 0 Å². The zero-order valence-electron chi connectivity index (χ0n) is 11.1. The van der Waals surface area contributed by atoms with Gasteiger partial charge in [-0.05, 0) is 18.2 Å². The van der Waals surface area contributed by atoms with Gasteiger partial charge in [-0.25, -0.2) is 0 Å². The number of hydrogen-bond acceptors (Lipinski definition) is 3. The van der Waals surface area contributed by atoms with Crippen molar-refractivity contribution in [1.82, 2.24) is 4.90 Å². The summed E-state index contributed by atoms with van der Waals surface area (Å²) in [6.45, 7) is 3.13. The lowest BCUT2D eigenvalue weighted by molar-refractivity contribution is -0.133. The Bertz CT molecular complexity index is 402. The molecule has 2 N–H and O–H groups in total. The fourth-order valence-electron chi connectivity index (χ4n) is 1.44. The summed E-state index contributed by atoms with van der Waals surface area (Å²) >= 11 is 5.84. The molecule has 0 aliphatic rings. The first-order chi connectivity index (χ1) is 8.54. The lowest BCUT2D eigenvalue weighted by Crippen LogP contribution is -2.37. The van der Waals surface area contributed by atoms with Gasteiger partial charge < -0.3 is 15.4 Å². The van der Waals surface area contributed by atoms with Gasteiger partial charge in [0.2, 0.25) is 5.91 Å². The second kappa shape index (κ2) is 9.02. The van der Waals surface area contributed by atoms with Gasteiger partial charge in [-0.1, -0.05) is 24.6 Å². The van der Waals surface area contributed by atoms with E-state index < -0.39 is 0 Å². The Balaban J connectivity index is 0.00000324. The highest BCUT2D eigenvalue weighted by Crippen LogP contribution is 2.16. The Kier molecular flexibility index (Phi) is 8.56. The molecule has 108 valence electrons. The normalized spacial score (nSPS) is 11.4. The van der Waals surface area contributed by atoms with Gasteiger partial charge in [-0.3, -0.25) is 4.79 Å². The SMILES string of the molecule is CC(CN)C(=O)N(C)CCOc1cccc(Cl)c1.Cl. The lowest BCUT2D eigenvalue weighted by Gasteiger charge is -2.20. The number of nitrogens with zero attached hydrogens (tertiary/aromatic N) is 1. The molecule has 0 radical (unpaired) electrons. The molecular weight excluding hydrogens is 287 g/mol. The summed E-state index contributed by atoms with van der Waals surface area (Å²) in [7, 11) is 1.75. The summed E-state index contributed by atoms with van der Waals surface area (Å²) in [5, 5.41) is 0.633. The second-order valence-corrected chi connectivity index (χ2v) is 4.64. The number of rotatable bonds is 6. The molecule has 0 fully saturated rings. The van der Waals surface area contributed by atoms with Crippen LogP contribution in [0.15, 0.2) is 24.3 Å². The number of hydrogen-bond donors (Lipinski definition) is 1. The molecule has 1 unspecified atom stereocenters. The summed E-state index contributed by atoms with van der Waals surface area (Å²) in [5.74, 6) is 0.587. The molecule has 1 atom stereocenters. The molecule has 0 aliphatic carbocycles. The monoisotopic (exact) mass is 306 g/mol. The van der Waals surface area contributed by atoms with Crippen molar-refractivity contribution in [1.29, 1.82) is 0 Å². The van der Waals surface area contributed by atoms with Crippen LogP contribution in [0.4, 0.5) is 0 Å². The van der Waals surface area contributed by atoms with Crippen LogP contribution < -0.4 is 10.5 Å². The van der Waals surface area contributed by atoms with Crippen LogP contribution in [-0.4, -0.2) is 37.6 Å². The molecule has 1 aromatic carbocycles. The van der Waals surface area contributed by atoms with E-state index in [2.05, 4.69) is 0 Å². The standard InChI is InChI=1S/C13H19ClN2O2.ClH/c1-10(9-15)13(17)16(2)6-7-18-12-5-3-4-11(14)8-12;/h3-5,8,10H,6-7,9,15H2,1-2H3;1H. The van der Waals surface area contributed by atoms with E-state index in [4.69, 9.17) is 22.1 Å². The second-order valence-electron chi connectivity index (χ2n) is 4.20. The number of halogens is 2. The van der Waals surface area contributed by atoms with Crippen LogP contribution in [0.5, 0.6) is 5.75 Å².